The van der Waals surface area contributed by atoms with E-state index in [1.807, 2.05) is 0 Å². The lowest BCUT2D eigenvalue weighted by Gasteiger charge is -2.40. The number of pyridine rings is 2. The van der Waals surface area contributed by atoms with Crippen LogP contribution >= 0.6 is 10.6 Å². The summed E-state index contributed by atoms with van der Waals surface area (Å²) in [5.74, 6) is 0.432. The first kappa shape index (κ1) is 21.0. The quantitative estimate of drug-likeness (QED) is 0.421. The molecular weight excluding hydrogens is 396 g/mol. The standard InChI is InChI=1S/C18H26N6O4S/c1-9-6-11(28-2)7-12(22-9)23-15-14(19)13(17(20)24-16(15)18(21)25)10-4-3-5-29(26,27)8-10/h6-7,10,26-27H,3-5,8H2,1-2H3,(H2,21,25)(H,22,23)(H4,19,20,24). The first-order valence-electron chi connectivity index (χ1n) is 9.03. The average molecular weight is 423 g/mol. The Kier molecular flexibility index (Phi) is 5.73. The molecule has 3 heterocycles. The van der Waals surface area contributed by atoms with Crippen LogP contribution in [0.25, 0.3) is 0 Å². The topological polar surface area (TPSA) is 183 Å². The lowest BCUT2D eigenvalue weighted by atomic mass is 9.93. The Balaban J connectivity index is 2.10. The molecule has 1 atom stereocenters. The van der Waals surface area contributed by atoms with Gasteiger partial charge in [0.15, 0.2) is 5.69 Å². The summed E-state index contributed by atoms with van der Waals surface area (Å²) in [7, 11) is -1.17. The van der Waals surface area contributed by atoms with Gasteiger partial charge in [-0.25, -0.2) is 9.97 Å². The van der Waals surface area contributed by atoms with Gasteiger partial charge in [-0.2, -0.15) is 10.6 Å². The Morgan fingerprint density at radius 1 is 1.31 bits per heavy atom. The van der Waals surface area contributed by atoms with Crippen LogP contribution in [0.15, 0.2) is 12.1 Å². The van der Waals surface area contributed by atoms with Crippen LogP contribution in [-0.4, -0.2) is 43.6 Å². The van der Waals surface area contributed by atoms with Crippen molar-refractivity contribution < 1.29 is 18.6 Å². The normalized spacial score (nSPS) is 19.4. The molecule has 0 aliphatic carbocycles. The van der Waals surface area contributed by atoms with E-state index in [4.69, 9.17) is 21.9 Å². The molecule has 9 N–H and O–H groups in total. The van der Waals surface area contributed by atoms with Crippen LogP contribution in [0.3, 0.4) is 0 Å². The number of nitrogens with one attached hydrogen (secondary N) is 1. The molecule has 0 bridgehead atoms. The van der Waals surface area contributed by atoms with Gasteiger partial charge in [-0.05, 0) is 19.8 Å². The predicted molar refractivity (Wildman–Crippen MR) is 115 cm³/mol. The number of hydrogen-bond donors (Lipinski definition) is 6. The van der Waals surface area contributed by atoms with Crippen LogP contribution < -0.4 is 27.3 Å². The molecule has 0 saturated carbocycles. The predicted octanol–water partition coefficient (Wildman–Crippen LogP) is 2.43. The number of nitrogens with zero attached hydrogens (tertiary/aromatic N) is 2. The molecule has 3 rings (SSSR count). The van der Waals surface area contributed by atoms with Gasteiger partial charge >= 0.3 is 0 Å². The molecule has 0 aromatic carbocycles. The minimum Gasteiger partial charge on any atom is -0.497 e. The number of hydrogen-bond acceptors (Lipinski definition) is 9. The molecule has 29 heavy (non-hydrogen) atoms. The van der Waals surface area contributed by atoms with Gasteiger partial charge in [0.1, 0.15) is 17.4 Å². The smallest absolute Gasteiger partial charge is 0.269 e. The minimum atomic E-state index is -2.71. The van der Waals surface area contributed by atoms with Crippen LogP contribution in [0.2, 0.25) is 0 Å². The molecule has 0 radical (unpaired) electrons. The summed E-state index contributed by atoms with van der Waals surface area (Å²) >= 11 is 0. The Morgan fingerprint density at radius 3 is 2.66 bits per heavy atom. The highest BCUT2D eigenvalue weighted by Crippen LogP contribution is 2.51. The number of anilines is 4. The number of aromatic nitrogens is 2. The molecule has 1 fully saturated rings. The zero-order valence-electron chi connectivity index (χ0n) is 16.3. The second-order valence-electron chi connectivity index (χ2n) is 7.08. The van der Waals surface area contributed by atoms with Crippen LogP contribution in [0.5, 0.6) is 5.75 Å². The maximum atomic E-state index is 12.0. The second-order valence-corrected chi connectivity index (χ2v) is 9.43. The van der Waals surface area contributed by atoms with Gasteiger partial charge in [0.25, 0.3) is 5.91 Å². The highest BCUT2D eigenvalue weighted by Gasteiger charge is 2.32. The minimum absolute atomic E-state index is 0.0544. The van der Waals surface area contributed by atoms with E-state index >= 15 is 0 Å². The Bertz CT molecular complexity index is 952. The van der Waals surface area contributed by atoms with E-state index in [0.717, 1.165) is 0 Å². The van der Waals surface area contributed by atoms with E-state index < -0.39 is 16.5 Å². The third kappa shape index (κ3) is 4.47. The molecule has 10 nitrogen and oxygen atoms in total. The third-order valence-electron chi connectivity index (χ3n) is 4.85. The van der Waals surface area contributed by atoms with Gasteiger partial charge < -0.3 is 27.3 Å². The first-order valence-corrected chi connectivity index (χ1v) is 10.9. The molecule has 0 spiro atoms. The summed E-state index contributed by atoms with van der Waals surface area (Å²) in [6.07, 6.45) is 1.31. The van der Waals surface area contributed by atoms with Gasteiger partial charge in [0.05, 0.1) is 18.5 Å². The largest absolute Gasteiger partial charge is 0.497 e. The molecule has 2 aromatic rings. The van der Waals surface area contributed by atoms with Crippen LogP contribution in [0.4, 0.5) is 23.0 Å². The van der Waals surface area contributed by atoms with Crippen molar-refractivity contribution in [2.45, 2.75) is 25.7 Å². The number of nitrogen functional groups attached to an aromatic ring is 2. The summed E-state index contributed by atoms with van der Waals surface area (Å²) < 4.78 is 25.5. The highest BCUT2D eigenvalue weighted by atomic mass is 32.3. The first-order chi connectivity index (χ1) is 13.6. The molecule has 11 heteroatoms. The van der Waals surface area contributed by atoms with E-state index in [0.29, 0.717) is 41.4 Å². The summed E-state index contributed by atoms with van der Waals surface area (Å²) in [4.78, 5) is 20.5. The molecular formula is C18H26N6O4S. The zero-order valence-corrected chi connectivity index (χ0v) is 17.1. The van der Waals surface area contributed by atoms with E-state index in [1.165, 1.54) is 7.11 Å². The van der Waals surface area contributed by atoms with Crippen molar-refractivity contribution in [2.75, 3.05) is 35.4 Å². The number of ether oxygens (including phenoxy) is 1. The SMILES string of the molecule is COc1cc(C)nc(Nc2c(C(N)=O)nc(N)c(C3CCCS(O)(O)C3)c2N)c1. The van der Waals surface area contributed by atoms with Crippen LogP contribution in [0, 0.1) is 6.92 Å². The van der Waals surface area contributed by atoms with E-state index in [2.05, 4.69) is 15.3 Å². The molecule has 1 aliphatic rings. The maximum Gasteiger partial charge on any atom is 0.269 e. The highest BCUT2D eigenvalue weighted by molar-refractivity contribution is 8.24. The summed E-state index contributed by atoms with van der Waals surface area (Å²) in [6, 6.07) is 3.40. The van der Waals surface area contributed by atoms with Crippen molar-refractivity contribution in [3.05, 3.63) is 29.1 Å². The Labute approximate surface area is 170 Å². The van der Waals surface area contributed by atoms with Gasteiger partial charge in [-0.3, -0.25) is 13.9 Å². The number of methoxy groups -OCH3 is 1. The van der Waals surface area contributed by atoms with Crippen molar-refractivity contribution in [1.29, 1.82) is 0 Å². The number of carbonyl (C=O) groups excluding carboxylic acids is 1. The lowest BCUT2D eigenvalue weighted by Crippen LogP contribution is -2.25. The summed E-state index contributed by atoms with van der Waals surface area (Å²) in [5, 5.41) is 3.01. The molecule has 1 unspecified atom stereocenters. The second kappa shape index (κ2) is 7.93. The fourth-order valence-electron chi connectivity index (χ4n) is 3.59. The zero-order chi connectivity index (χ0) is 21.3. The Morgan fingerprint density at radius 2 is 2.03 bits per heavy atom. The fourth-order valence-corrected chi connectivity index (χ4v) is 5.37. The number of rotatable bonds is 5. The van der Waals surface area contributed by atoms with Gasteiger partial charge in [0, 0.05) is 40.8 Å². The van der Waals surface area contributed by atoms with E-state index in [9.17, 15) is 13.9 Å². The number of aryl methyl sites for hydroxylation is 1. The number of primary amides is 1. The maximum absolute atomic E-state index is 12.0. The molecule has 158 valence electrons. The van der Waals surface area contributed by atoms with E-state index in [-0.39, 0.29) is 34.6 Å². The molecule has 2 aromatic heterocycles. The third-order valence-corrected chi connectivity index (χ3v) is 6.73. The fraction of sp³-hybridized carbons (Fsp3) is 0.389. The van der Waals surface area contributed by atoms with Gasteiger partial charge in [-0.1, -0.05) is 0 Å². The lowest BCUT2D eigenvalue weighted by molar-refractivity contribution is 0.0996. The number of nitrogens with two attached hydrogens (primary N) is 3. The molecule has 1 amide bonds. The van der Waals surface area contributed by atoms with E-state index in [1.54, 1.807) is 19.1 Å². The monoisotopic (exact) mass is 422 g/mol. The Hall–Kier alpha value is -2.76. The van der Waals surface area contributed by atoms with Crippen LogP contribution in [0.1, 0.15) is 40.5 Å². The summed E-state index contributed by atoms with van der Waals surface area (Å²) in [6.45, 7) is 1.80. The molecule has 1 aliphatic heterocycles. The number of amides is 1. The van der Waals surface area contributed by atoms with Crippen molar-refractivity contribution in [3.63, 3.8) is 0 Å². The number of carbonyl (C=O) groups is 1. The van der Waals surface area contributed by atoms with Crippen molar-refractivity contribution in [1.82, 2.24) is 9.97 Å². The van der Waals surface area contributed by atoms with Crippen LogP contribution in [-0.2, 0) is 0 Å². The summed E-state index contributed by atoms with van der Waals surface area (Å²) in [5.41, 5.74) is 19.4. The molecule has 1 saturated heterocycles. The van der Waals surface area contributed by atoms with Gasteiger partial charge in [-0.15, -0.1) is 0 Å². The van der Waals surface area contributed by atoms with Crippen molar-refractivity contribution in [3.8, 4) is 5.75 Å². The van der Waals surface area contributed by atoms with Crippen molar-refractivity contribution in [2.24, 2.45) is 5.73 Å². The van der Waals surface area contributed by atoms with Gasteiger partial charge in [0.2, 0.25) is 0 Å². The van der Waals surface area contributed by atoms with Crippen molar-refractivity contribution >= 4 is 39.5 Å². The average Bonchev–Trinajstić information content (AvgIpc) is 2.62.